The van der Waals surface area contributed by atoms with Gasteiger partial charge in [-0.15, -0.1) is 0 Å². The molecule has 0 aliphatic carbocycles. The van der Waals surface area contributed by atoms with Gasteiger partial charge in [0.25, 0.3) is 15.6 Å². The van der Waals surface area contributed by atoms with E-state index in [-0.39, 0.29) is 29.7 Å². The normalized spacial score (nSPS) is 11.9. The summed E-state index contributed by atoms with van der Waals surface area (Å²) in [4.78, 5) is 15.9. The Morgan fingerprint density at radius 3 is 2.58 bits per heavy atom. The Kier molecular flexibility index (Phi) is 5.45. The van der Waals surface area contributed by atoms with Crippen LogP contribution < -0.4 is 15.0 Å². The van der Waals surface area contributed by atoms with E-state index >= 15 is 0 Å². The van der Waals surface area contributed by atoms with E-state index in [1.807, 2.05) is 13.8 Å². The van der Waals surface area contributed by atoms with Crippen LogP contribution in [0.5, 0.6) is 5.75 Å². The molecule has 0 saturated heterocycles. The molecule has 0 bridgehead atoms. The van der Waals surface area contributed by atoms with Crippen molar-refractivity contribution in [2.75, 3.05) is 13.7 Å². The van der Waals surface area contributed by atoms with Crippen LogP contribution in [-0.4, -0.2) is 36.2 Å². The number of aromatic nitrogens is 3. The SMILES string of the molecule is COc1cc(C)n(CCNS(=O)(=O)c2cn(C(C)C)cn2)c(=O)c1. The average Bonchev–Trinajstić information content (AvgIpc) is 3.00. The van der Waals surface area contributed by atoms with Crippen molar-refractivity contribution in [3.05, 3.63) is 40.7 Å². The number of ether oxygens (including phenoxy) is 1. The third kappa shape index (κ3) is 4.04. The zero-order valence-corrected chi connectivity index (χ0v) is 15.0. The molecule has 0 saturated carbocycles. The van der Waals surface area contributed by atoms with Gasteiger partial charge in [0.2, 0.25) is 0 Å². The molecule has 132 valence electrons. The number of imidazole rings is 1. The van der Waals surface area contributed by atoms with Crippen LogP contribution in [-0.2, 0) is 16.6 Å². The molecule has 0 aliphatic heterocycles. The van der Waals surface area contributed by atoms with E-state index in [9.17, 15) is 13.2 Å². The number of aryl methyl sites for hydroxylation is 1. The molecule has 2 rings (SSSR count). The van der Waals surface area contributed by atoms with Gasteiger partial charge in [0, 0.05) is 37.1 Å². The lowest BCUT2D eigenvalue weighted by molar-refractivity contribution is 0.411. The highest BCUT2D eigenvalue weighted by molar-refractivity contribution is 7.89. The fourth-order valence-corrected chi connectivity index (χ4v) is 3.16. The van der Waals surface area contributed by atoms with Crippen LogP contribution in [0.2, 0.25) is 0 Å². The van der Waals surface area contributed by atoms with Gasteiger partial charge >= 0.3 is 0 Å². The number of nitrogens with zero attached hydrogens (tertiary/aromatic N) is 3. The summed E-state index contributed by atoms with van der Waals surface area (Å²) in [5.41, 5.74) is 0.456. The molecule has 1 N–H and O–H groups in total. The lowest BCUT2D eigenvalue weighted by atomic mass is 10.3. The minimum Gasteiger partial charge on any atom is -0.496 e. The van der Waals surface area contributed by atoms with E-state index in [1.165, 1.54) is 30.3 Å². The highest BCUT2D eigenvalue weighted by Crippen LogP contribution is 2.11. The van der Waals surface area contributed by atoms with Gasteiger partial charge < -0.3 is 13.9 Å². The number of hydrogen-bond acceptors (Lipinski definition) is 5. The summed E-state index contributed by atoms with van der Waals surface area (Å²) in [5, 5.41) is -0.0324. The predicted octanol–water partition coefficient (Wildman–Crippen LogP) is 0.921. The lowest BCUT2D eigenvalue weighted by Gasteiger charge is -2.11. The zero-order valence-electron chi connectivity index (χ0n) is 14.2. The Morgan fingerprint density at radius 2 is 2.04 bits per heavy atom. The van der Waals surface area contributed by atoms with Crippen LogP contribution in [0.15, 0.2) is 34.5 Å². The summed E-state index contributed by atoms with van der Waals surface area (Å²) in [6.45, 7) is 5.94. The van der Waals surface area contributed by atoms with Crippen molar-refractivity contribution in [2.24, 2.45) is 0 Å². The number of pyridine rings is 1. The second-order valence-electron chi connectivity index (χ2n) is 5.68. The predicted molar refractivity (Wildman–Crippen MR) is 89.8 cm³/mol. The first-order valence-electron chi connectivity index (χ1n) is 7.53. The Balaban J connectivity index is 2.07. The van der Waals surface area contributed by atoms with E-state index in [1.54, 1.807) is 17.6 Å². The summed E-state index contributed by atoms with van der Waals surface area (Å²) in [6.07, 6.45) is 2.97. The Labute approximate surface area is 141 Å². The molecule has 0 aromatic carbocycles. The molecule has 0 radical (unpaired) electrons. The molecule has 0 fully saturated rings. The molecule has 0 aliphatic rings. The van der Waals surface area contributed by atoms with Crippen LogP contribution in [0.4, 0.5) is 0 Å². The van der Waals surface area contributed by atoms with Gasteiger partial charge in [0.1, 0.15) is 5.75 Å². The maximum atomic E-state index is 12.2. The summed E-state index contributed by atoms with van der Waals surface area (Å²) < 4.78 is 35.2. The molecular formula is C15H22N4O4S. The van der Waals surface area contributed by atoms with E-state index in [4.69, 9.17) is 4.74 Å². The fraction of sp³-hybridized carbons (Fsp3) is 0.467. The number of nitrogens with one attached hydrogen (secondary N) is 1. The maximum absolute atomic E-state index is 12.2. The first-order chi connectivity index (χ1) is 11.2. The Bertz CT molecular complexity index is 868. The molecule has 24 heavy (non-hydrogen) atoms. The lowest BCUT2D eigenvalue weighted by Crippen LogP contribution is -2.31. The largest absolute Gasteiger partial charge is 0.496 e. The van der Waals surface area contributed by atoms with Crippen molar-refractivity contribution < 1.29 is 13.2 Å². The van der Waals surface area contributed by atoms with Crippen LogP contribution in [0.1, 0.15) is 25.6 Å². The minimum atomic E-state index is -3.70. The summed E-state index contributed by atoms with van der Waals surface area (Å²) in [5.74, 6) is 0.480. The van der Waals surface area contributed by atoms with Gasteiger partial charge in [0.15, 0.2) is 5.03 Å². The van der Waals surface area contributed by atoms with Gasteiger partial charge in [-0.3, -0.25) is 4.79 Å². The first-order valence-corrected chi connectivity index (χ1v) is 9.01. The van der Waals surface area contributed by atoms with Crippen LogP contribution in [0, 0.1) is 6.92 Å². The molecule has 0 spiro atoms. The fourth-order valence-electron chi connectivity index (χ4n) is 2.21. The van der Waals surface area contributed by atoms with Crippen molar-refractivity contribution in [3.63, 3.8) is 0 Å². The van der Waals surface area contributed by atoms with Gasteiger partial charge in [-0.25, -0.2) is 18.1 Å². The first kappa shape index (κ1) is 18.2. The quantitative estimate of drug-likeness (QED) is 0.798. The summed E-state index contributed by atoms with van der Waals surface area (Å²) in [6, 6.07) is 3.22. The Morgan fingerprint density at radius 1 is 1.33 bits per heavy atom. The van der Waals surface area contributed by atoms with E-state index in [2.05, 4.69) is 9.71 Å². The molecule has 0 amide bonds. The topological polar surface area (TPSA) is 95.2 Å². The van der Waals surface area contributed by atoms with E-state index < -0.39 is 10.0 Å². The van der Waals surface area contributed by atoms with E-state index in [0.717, 1.165) is 0 Å². The third-order valence-corrected chi connectivity index (χ3v) is 4.97. The number of sulfonamides is 1. The number of hydrogen-bond donors (Lipinski definition) is 1. The molecular weight excluding hydrogens is 332 g/mol. The van der Waals surface area contributed by atoms with E-state index in [0.29, 0.717) is 11.4 Å². The zero-order chi connectivity index (χ0) is 17.9. The molecule has 0 atom stereocenters. The van der Waals surface area contributed by atoms with Gasteiger partial charge in [-0.2, -0.15) is 0 Å². The monoisotopic (exact) mass is 354 g/mol. The molecule has 9 heteroatoms. The van der Waals surface area contributed by atoms with Crippen LogP contribution >= 0.6 is 0 Å². The van der Waals surface area contributed by atoms with Gasteiger partial charge in [0.05, 0.1) is 13.4 Å². The second kappa shape index (κ2) is 7.18. The highest BCUT2D eigenvalue weighted by atomic mass is 32.2. The third-order valence-electron chi connectivity index (χ3n) is 3.62. The molecule has 0 unspecified atom stereocenters. The van der Waals surface area contributed by atoms with Gasteiger partial charge in [-0.05, 0) is 26.8 Å². The summed E-state index contributed by atoms with van der Waals surface area (Å²) >= 11 is 0. The highest BCUT2D eigenvalue weighted by Gasteiger charge is 2.17. The van der Waals surface area contributed by atoms with Crippen molar-refractivity contribution in [3.8, 4) is 5.75 Å². The smallest absolute Gasteiger partial charge is 0.259 e. The average molecular weight is 354 g/mol. The van der Waals surface area contributed by atoms with Gasteiger partial charge in [-0.1, -0.05) is 0 Å². The van der Waals surface area contributed by atoms with Crippen LogP contribution in [0.25, 0.3) is 0 Å². The van der Waals surface area contributed by atoms with Crippen molar-refractivity contribution >= 4 is 10.0 Å². The number of methoxy groups -OCH3 is 1. The summed E-state index contributed by atoms with van der Waals surface area (Å²) in [7, 11) is -2.21. The second-order valence-corrected chi connectivity index (χ2v) is 7.39. The number of rotatable bonds is 7. The molecule has 8 nitrogen and oxygen atoms in total. The molecule has 2 aromatic rings. The molecule has 2 aromatic heterocycles. The van der Waals surface area contributed by atoms with Crippen molar-refractivity contribution in [1.82, 2.24) is 18.8 Å². The molecule has 2 heterocycles. The Hall–Kier alpha value is -2.13. The maximum Gasteiger partial charge on any atom is 0.259 e. The standard InChI is InChI=1S/C15H22N4O4S/c1-11(2)18-9-14(16-10-18)24(21,22)17-5-6-19-12(3)7-13(23-4)8-15(19)20/h7-11,17H,5-6H2,1-4H3. The minimum absolute atomic E-state index is 0.0324. The van der Waals surface area contributed by atoms with Crippen molar-refractivity contribution in [2.45, 2.75) is 38.4 Å². The van der Waals surface area contributed by atoms with Crippen LogP contribution in [0.3, 0.4) is 0 Å². The van der Waals surface area contributed by atoms with Crippen molar-refractivity contribution in [1.29, 1.82) is 0 Å².